The quantitative estimate of drug-likeness (QED) is 0.908. The molecule has 1 saturated heterocycles. The average molecular weight is 324 g/mol. The molecule has 6 heteroatoms. The Balaban J connectivity index is 1.85. The summed E-state index contributed by atoms with van der Waals surface area (Å²) in [7, 11) is 0. The average Bonchev–Trinajstić information content (AvgIpc) is 2.49. The molecule has 1 aliphatic heterocycles. The minimum atomic E-state index is -0.132. The van der Waals surface area contributed by atoms with Crippen LogP contribution < -0.4 is 5.73 Å². The van der Waals surface area contributed by atoms with Crippen LogP contribution in [0.25, 0.3) is 0 Å². The third-order valence-electron chi connectivity index (χ3n) is 3.78. The lowest BCUT2D eigenvalue weighted by molar-refractivity contribution is -0.139. The summed E-state index contributed by atoms with van der Waals surface area (Å²) in [6.45, 7) is 4.09. The molecule has 0 aromatic heterocycles. The van der Waals surface area contributed by atoms with E-state index < -0.39 is 0 Å². The van der Waals surface area contributed by atoms with E-state index in [2.05, 4.69) is 0 Å². The number of nitrogens with two attached hydrogens (primary N) is 1. The Morgan fingerprint density at radius 3 is 2.23 bits per heavy atom. The van der Waals surface area contributed by atoms with Crippen LogP contribution in [0.5, 0.6) is 0 Å². The number of carbonyl (C=O) groups excluding carboxylic acids is 2. The molecule has 1 heterocycles. The van der Waals surface area contributed by atoms with Gasteiger partial charge in [-0.3, -0.25) is 9.59 Å². The largest absolute Gasteiger partial charge is 0.339 e. The van der Waals surface area contributed by atoms with Crippen LogP contribution >= 0.6 is 11.6 Å². The van der Waals surface area contributed by atoms with Crippen LogP contribution in [0.2, 0.25) is 5.02 Å². The van der Waals surface area contributed by atoms with Crippen molar-refractivity contribution in [1.29, 1.82) is 0 Å². The molecule has 0 bridgehead atoms. The van der Waals surface area contributed by atoms with Gasteiger partial charge in [0.15, 0.2) is 0 Å². The summed E-state index contributed by atoms with van der Waals surface area (Å²) in [4.78, 5) is 27.8. The second-order valence-electron chi connectivity index (χ2n) is 5.71. The lowest BCUT2D eigenvalue weighted by atomic mass is 10.1. The Morgan fingerprint density at radius 1 is 1.14 bits per heavy atom. The fourth-order valence-corrected chi connectivity index (χ4v) is 2.73. The van der Waals surface area contributed by atoms with E-state index in [1.165, 1.54) is 0 Å². The van der Waals surface area contributed by atoms with Crippen LogP contribution in [-0.2, 0) is 16.0 Å². The van der Waals surface area contributed by atoms with Gasteiger partial charge < -0.3 is 15.5 Å². The number of rotatable bonds is 4. The predicted molar refractivity (Wildman–Crippen MR) is 86.6 cm³/mol. The van der Waals surface area contributed by atoms with Crippen molar-refractivity contribution in [3.63, 3.8) is 0 Å². The zero-order valence-corrected chi connectivity index (χ0v) is 13.6. The molecule has 1 aromatic carbocycles. The van der Waals surface area contributed by atoms with Gasteiger partial charge in [0, 0.05) is 43.7 Å². The molecule has 0 radical (unpaired) electrons. The molecular weight excluding hydrogens is 302 g/mol. The van der Waals surface area contributed by atoms with Crippen LogP contribution in [0.1, 0.15) is 18.9 Å². The molecule has 1 aliphatic rings. The molecule has 2 N–H and O–H groups in total. The topological polar surface area (TPSA) is 66.6 Å². The van der Waals surface area contributed by atoms with Gasteiger partial charge in [-0.15, -0.1) is 0 Å². The normalized spacial score (nSPS) is 16.5. The van der Waals surface area contributed by atoms with E-state index in [1.807, 2.05) is 25.1 Å². The summed E-state index contributed by atoms with van der Waals surface area (Å²) in [6, 6.07) is 7.24. The third kappa shape index (κ3) is 4.45. The summed E-state index contributed by atoms with van der Waals surface area (Å²) in [6.07, 6.45) is 0.654. The van der Waals surface area contributed by atoms with Crippen LogP contribution in [0.4, 0.5) is 0 Å². The number of carbonyl (C=O) groups is 2. The number of piperazine rings is 1. The maximum atomic E-state index is 12.3. The van der Waals surface area contributed by atoms with Crippen molar-refractivity contribution in [2.24, 2.45) is 5.73 Å². The first-order valence-electron chi connectivity index (χ1n) is 7.52. The fraction of sp³-hybridized carbons (Fsp3) is 0.500. The molecule has 1 unspecified atom stereocenters. The molecule has 1 atom stereocenters. The van der Waals surface area contributed by atoms with Crippen LogP contribution in [-0.4, -0.2) is 53.8 Å². The molecule has 1 aromatic rings. The minimum absolute atomic E-state index is 0.0485. The first kappa shape index (κ1) is 16.8. The molecule has 1 fully saturated rings. The summed E-state index contributed by atoms with van der Waals surface area (Å²) in [5.41, 5.74) is 6.49. The number of halogens is 1. The van der Waals surface area contributed by atoms with Crippen molar-refractivity contribution in [2.45, 2.75) is 25.8 Å². The molecule has 120 valence electrons. The third-order valence-corrected chi connectivity index (χ3v) is 4.15. The standard InChI is InChI=1S/C16H22ClN3O2/c1-12(18)10-15(21)19-6-8-20(9-7-19)16(22)11-13-4-2-3-5-14(13)17/h2-5,12H,6-11,18H2,1H3. The summed E-state index contributed by atoms with van der Waals surface area (Å²) < 4.78 is 0. The Bertz CT molecular complexity index is 540. The monoisotopic (exact) mass is 323 g/mol. The van der Waals surface area contributed by atoms with Gasteiger partial charge in [-0.1, -0.05) is 29.8 Å². The van der Waals surface area contributed by atoms with Gasteiger partial charge >= 0.3 is 0 Å². The number of amides is 2. The number of hydrogen-bond acceptors (Lipinski definition) is 3. The second kappa shape index (κ2) is 7.61. The van der Waals surface area contributed by atoms with Crippen molar-refractivity contribution in [3.8, 4) is 0 Å². The Labute approximate surface area is 136 Å². The zero-order chi connectivity index (χ0) is 16.1. The van der Waals surface area contributed by atoms with Crippen LogP contribution in [0.3, 0.4) is 0 Å². The highest BCUT2D eigenvalue weighted by molar-refractivity contribution is 6.31. The van der Waals surface area contributed by atoms with Gasteiger partial charge in [-0.05, 0) is 18.6 Å². The van der Waals surface area contributed by atoms with Crippen molar-refractivity contribution in [2.75, 3.05) is 26.2 Å². The van der Waals surface area contributed by atoms with Gasteiger partial charge in [0.25, 0.3) is 0 Å². The Morgan fingerprint density at radius 2 is 1.68 bits per heavy atom. The maximum absolute atomic E-state index is 12.3. The van der Waals surface area contributed by atoms with Gasteiger partial charge in [-0.2, -0.15) is 0 Å². The van der Waals surface area contributed by atoms with E-state index in [-0.39, 0.29) is 17.9 Å². The molecule has 2 amide bonds. The van der Waals surface area contributed by atoms with E-state index in [9.17, 15) is 9.59 Å². The SMILES string of the molecule is CC(N)CC(=O)N1CCN(C(=O)Cc2ccccc2Cl)CC1. The van der Waals surface area contributed by atoms with Gasteiger partial charge in [0.05, 0.1) is 6.42 Å². The molecule has 0 aliphatic carbocycles. The molecule has 22 heavy (non-hydrogen) atoms. The smallest absolute Gasteiger partial charge is 0.227 e. The first-order chi connectivity index (χ1) is 10.5. The Hall–Kier alpha value is -1.59. The molecule has 0 saturated carbocycles. The van der Waals surface area contributed by atoms with E-state index >= 15 is 0 Å². The van der Waals surface area contributed by atoms with E-state index in [4.69, 9.17) is 17.3 Å². The molecular formula is C16H22ClN3O2. The van der Waals surface area contributed by atoms with Gasteiger partial charge in [-0.25, -0.2) is 0 Å². The van der Waals surface area contributed by atoms with Gasteiger partial charge in [0.1, 0.15) is 0 Å². The highest BCUT2D eigenvalue weighted by Crippen LogP contribution is 2.17. The van der Waals surface area contributed by atoms with Crippen molar-refractivity contribution < 1.29 is 9.59 Å². The van der Waals surface area contributed by atoms with Gasteiger partial charge in [0.2, 0.25) is 11.8 Å². The van der Waals surface area contributed by atoms with Crippen molar-refractivity contribution in [1.82, 2.24) is 9.80 Å². The van der Waals surface area contributed by atoms with Crippen LogP contribution in [0.15, 0.2) is 24.3 Å². The van der Waals surface area contributed by atoms with Crippen molar-refractivity contribution >= 4 is 23.4 Å². The van der Waals surface area contributed by atoms with E-state index in [1.54, 1.807) is 15.9 Å². The maximum Gasteiger partial charge on any atom is 0.227 e. The number of hydrogen-bond donors (Lipinski definition) is 1. The Kier molecular flexibility index (Phi) is 5.80. The summed E-state index contributed by atoms with van der Waals surface area (Å²) in [5, 5.41) is 0.613. The zero-order valence-electron chi connectivity index (χ0n) is 12.8. The lowest BCUT2D eigenvalue weighted by Crippen LogP contribution is -2.51. The molecule has 0 spiro atoms. The molecule has 5 nitrogen and oxygen atoms in total. The highest BCUT2D eigenvalue weighted by Gasteiger charge is 2.24. The van der Waals surface area contributed by atoms with Crippen molar-refractivity contribution in [3.05, 3.63) is 34.9 Å². The first-order valence-corrected chi connectivity index (χ1v) is 7.89. The van der Waals surface area contributed by atoms with E-state index in [0.29, 0.717) is 44.0 Å². The van der Waals surface area contributed by atoms with Crippen LogP contribution in [0, 0.1) is 0 Å². The van der Waals surface area contributed by atoms with E-state index in [0.717, 1.165) is 5.56 Å². The predicted octanol–water partition coefficient (Wildman–Crippen LogP) is 1.29. The minimum Gasteiger partial charge on any atom is -0.339 e. The number of nitrogens with zero attached hydrogens (tertiary/aromatic N) is 2. The number of benzene rings is 1. The second-order valence-corrected chi connectivity index (χ2v) is 6.12. The molecule has 2 rings (SSSR count). The fourth-order valence-electron chi connectivity index (χ4n) is 2.53. The summed E-state index contributed by atoms with van der Waals surface area (Å²) >= 11 is 6.08. The summed E-state index contributed by atoms with van der Waals surface area (Å²) in [5.74, 6) is 0.112. The highest BCUT2D eigenvalue weighted by atomic mass is 35.5. The lowest BCUT2D eigenvalue weighted by Gasteiger charge is -2.35.